The first-order valence-corrected chi connectivity index (χ1v) is 7.06. The summed E-state index contributed by atoms with van der Waals surface area (Å²) in [7, 11) is 0. The monoisotopic (exact) mass is 261 g/mol. The van der Waals surface area contributed by atoms with Crippen LogP contribution in [-0.2, 0) is 13.1 Å². The molecule has 0 fully saturated rings. The highest BCUT2D eigenvalue weighted by Crippen LogP contribution is 2.23. The highest BCUT2D eigenvalue weighted by atomic mass is 32.1. The van der Waals surface area contributed by atoms with Gasteiger partial charge in [-0.15, -0.1) is 11.3 Å². The summed E-state index contributed by atoms with van der Waals surface area (Å²) in [6, 6.07) is 6.26. The summed E-state index contributed by atoms with van der Waals surface area (Å²) in [5.41, 5.74) is 8.22. The summed E-state index contributed by atoms with van der Waals surface area (Å²) in [6.07, 6.45) is 1.86. The van der Waals surface area contributed by atoms with Crippen LogP contribution in [0.25, 0.3) is 0 Å². The molecular formula is C14H19N3S. The van der Waals surface area contributed by atoms with Crippen molar-refractivity contribution in [2.45, 2.75) is 26.9 Å². The number of anilines is 1. The van der Waals surface area contributed by atoms with Gasteiger partial charge in [-0.05, 0) is 36.9 Å². The summed E-state index contributed by atoms with van der Waals surface area (Å²) in [6.45, 7) is 6.61. The molecule has 0 aliphatic rings. The van der Waals surface area contributed by atoms with Crippen molar-refractivity contribution in [2.24, 2.45) is 5.73 Å². The van der Waals surface area contributed by atoms with Crippen LogP contribution < -0.4 is 10.6 Å². The van der Waals surface area contributed by atoms with Crippen LogP contribution in [0.5, 0.6) is 0 Å². The van der Waals surface area contributed by atoms with Crippen LogP contribution in [0.1, 0.15) is 22.9 Å². The molecule has 0 bridgehead atoms. The molecule has 3 nitrogen and oxygen atoms in total. The number of pyridine rings is 1. The SMILES string of the molecule is CCN(Cc1cccs1)c1nccc(C)c1CN. The molecule has 0 amide bonds. The Hall–Kier alpha value is -1.39. The van der Waals surface area contributed by atoms with E-state index < -0.39 is 0 Å². The molecule has 2 heterocycles. The van der Waals surface area contributed by atoms with Gasteiger partial charge in [0.2, 0.25) is 0 Å². The number of nitrogens with zero attached hydrogens (tertiary/aromatic N) is 2. The van der Waals surface area contributed by atoms with Crippen molar-refractivity contribution in [1.82, 2.24) is 4.98 Å². The van der Waals surface area contributed by atoms with Gasteiger partial charge in [0.15, 0.2) is 0 Å². The molecule has 4 heteroatoms. The molecule has 0 unspecified atom stereocenters. The quantitative estimate of drug-likeness (QED) is 0.900. The second-order valence-electron chi connectivity index (χ2n) is 4.23. The van der Waals surface area contributed by atoms with E-state index in [4.69, 9.17) is 5.73 Å². The maximum atomic E-state index is 5.85. The first kappa shape index (κ1) is 13.1. The predicted octanol–water partition coefficient (Wildman–Crippen LogP) is 2.94. The van der Waals surface area contributed by atoms with Gasteiger partial charge < -0.3 is 10.6 Å². The fourth-order valence-corrected chi connectivity index (χ4v) is 2.75. The number of thiophene rings is 1. The second kappa shape index (κ2) is 5.98. The van der Waals surface area contributed by atoms with Crippen LogP contribution in [0.2, 0.25) is 0 Å². The molecule has 0 saturated carbocycles. The van der Waals surface area contributed by atoms with Crippen molar-refractivity contribution in [3.63, 3.8) is 0 Å². The summed E-state index contributed by atoms with van der Waals surface area (Å²) >= 11 is 1.78. The predicted molar refractivity (Wildman–Crippen MR) is 77.9 cm³/mol. The zero-order chi connectivity index (χ0) is 13.0. The summed E-state index contributed by atoms with van der Waals surface area (Å²) in [5, 5.41) is 2.11. The number of hydrogen-bond donors (Lipinski definition) is 1. The Bertz CT molecular complexity index is 494. The first-order valence-electron chi connectivity index (χ1n) is 6.18. The second-order valence-corrected chi connectivity index (χ2v) is 5.26. The first-order chi connectivity index (χ1) is 8.76. The van der Waals surface area contributed by atoms with E-state index in [1.807, 2.05) is 12.3 Å². The van der Waals surface area contributed by atoms with Gasteiger partial charge in [-0.25, -0.2) is 4.98 Å². The Morgan fingerprint density at radius 2 is 2.22 bits per heavy atom. The molecule has 2 N–H and O–H groups in total. The third kappa shape index (κ3) is 2.71. The minimum atomic E-state index is 0.538. The largest absolute Gasteiger partial charge is 0.351 e. The van der Waals surface area contributed by atoms with Crippen LogP contribution in [0, 0.1) is 6.92 Å². The van der Waals surface area contributed by atoms with E-state index in [1.54, 1.807) is 11.3 Å². The van der Waals surface area contributed by atoms with Crippen molar-refractivity contribution in [3.05, 3.63) is 45.8 Å². The lowest BCUT2D eigenvalue weighted by atomic mass is 10.1. The van der Waals surface area contributed by atoms with Crippen molar-refractivity contribution in [2.75, 3.05) is 11.4 Å². The zero-order valence-electron chi connectivity index (χ0n) is 10.9. The fraction of sp³-hybridized carbons (Fsp3) is 0.357. The van der Waals surface area contributed by atoms with Crippen LogP contribution in [0.4, 0.5) is 5.82 Å². The molecule has 0 saturated heterocycles. The fourth-order valence-electron chi connectivity index (χ4n) is 2.03. The van der Waals surface area contributed by atoms with Gasteiger partial charge in [0, 0.05) is 29.7 Å². The topological polar surface area (TPSA) is 42.2 Å². The van der Waals surface area contributed by atoms with Gasteiger partial charge in [-0.1, -0.05) is 6.07 Å². The molecule has 2 aromatic heterocycles. The number of aromatic nitrogens is 1. The van der Waals surface area contributed by atoms with Crippen LogP contribution in [-0.4, -0.2) is 11.5 Å². The highest BCUT2D eigenvalue weighted by molar-refractivity contribution is 7.09. The average molecular weight is 261 g/mol. The number of aryl methyl sites for hydroxylation is 1. The normalized spacial score (nSPS) is 10.6. The third-order valence-electron chi connectivity index (χ3n) is 3.08. The average Bonchev–Trinajstić information content (AvgIpc) is 2.88. The highest BCUT2D eigenvalue weighted by Gasteiger charge is 2.13. The van der Waals surface area contributed by atoms with Crippen molar-refractivity contribution >= 4 is 17.2 Å². The zero-order valence-corrected chi connectivity index (χ0v) is 11.7. The lowest BCUT2D eigenvalue weighted by molar-refractivity contribution is 0.807. The molecule has 96 valence electrons. The van der Waals surface area contributed by atoms with Gasteiger partial charge in [-0.2, -0.15) is 0 Å². The van der Waals surface area contributed by atoms with Gasteiger partial charge in [0.05, 0.1) is 6.54 Å². The van der Waals surface area contributed by atoms with Crippen LogP contribution in [0.15, 0.2) is 29.8 Å². The maximum Gasteiger partial charge on any atom is 0.133 e. The van der Waals surface area contributed by atoms with Gasteiger partial charge in [0.25, 0.3) is 0 Å². The van der Waals surface area contributed by atoms with Gasteiger partial charge in [0.1, 0.15) is 5.82 Å². The molecule has 0 aliphatic heterocycles. The molecule has 18 heavy (non-hydrogen) atoms. The Morgan fingerprint density at radius 1 is 1.39 bits per heavy atom. The maximum absolute atomic E-state index is 5.85. The Labute approximate surface area is 112 Å². The van der Waals surface area contributed by atoms with E-state index in [0.717, 1.165) is 24.5 Å². The van der Waals surface area contributed by atoms with Crippen LogP contribution in [0.3, 0.4) is 0 Å². The number of nitrogens with two attached hydrogens (primary N) is 1. The van der Waals surface area contributed by atoms with E-state index in [-0.39, 0.29) is 0 Å². The lowest BCUT2D eigenvalue weighted by Crippen LogP contribution is -2.25. The molecule has 2 rings (SSSR count). The summed E-state index contributed by atoms with van der Waals surface area (Å²) in [4.78, 5) is 8.14. The third-order valence-corrected chi connectivity index (χ3v) is 3.94. The van der Waals surface area contributed by atoms with Gasteiger partial charge in [-0.3, -0.25) is 0 Å². The summed E-state index contributed by atoms with van der Waals surface area (Å²) in [5.74, 6) is 1.02. The standard InChI is InChI=1S/C14H19N3S/c1-3-17(10-12-5-4-8-18-12)14-13(9-15)11(2)6-7-16-14/h4-8H,3,9-10,15H2,1-2H3. The minimum absolute atomic E-state index is 0.538. The molecule has 0 radical (unpaired) electrons. The van der Waals surface area contributed by atoms with Crippen molar-refractivity contribution in [3.8, 4) is 0 Å². The Balaban J connectivity index is 2.30. The summed E-state index contributed by atoms with van der Waals surface area (Å²) < 4.78 is 0. The molecule has 0 atom stereocenters. The van der Waals surface area contributed by atoms with Crippen molar-refractivity contribution in [1.29, 1.82) is 0 Å². The minimum Gasteiger partial charge on any atom is -0.351 e. The van der Waals surface area contributed by atoms with Gasteiger partial charge >= 0.3 is 0 Å². The molecular weight excluding hydrogens is 242 g/mol. The molecule has 2 aromatic rings. The van der Waals surface area contributed by atoms with E-state index in [1.165, 1.54) is 10.4 Å². The Kier molecular flexibility index (Phi) is 4.33. The molecule has 0 aliphatic carbocycles. The van der Waals surface area contributed by atoms with E-state index in [9.17, 15) is 0 Å². The Morgan fingerprint density at radius 3 is 2.83 bits per heavy atom. The van der Waals surface area contributed by atoms with E-state index in [0.29, 0.717) is 6.54 Å². The number of hydrogen-bond acceptors (Lipinski definition) is 4. The van der Waals surface area contributed by atoms with E-state index >= 15 is 0 Å². The smallest absolute Gasteiger partial charge is 0.133 e. The van der Waals surface area contributed by atoms with E-state index in [2.05, 4.69) is 41.2 Å². The number of rotatable bonds is 5. The molecule has 0 aromatic carbocycles. The van der Waals surface area contributed by atoms with Crippen molar-refractivity contribution < 1.29 is 0 Å². The van der Waals surface area contributed by atoms with Crippen LogP contribution >= 0.6 is 11.3 Å². The lowest BCUT2D eigenvalue weighted by Gasteiger charge is -2.24. The molecule has 0 spiro atoms.